The predicted molar refractivity (Wildman–Crippen MR) is 100 cm³/mol. The Bertz CT molecular complexity index is 770. The van der Waals surface area contributed by atoms with Crippen LogP contribution in [0.1, 0.15) is 38.3 Å². The third kappa shape index (κ3) is 4.32. The highest BCUT2D eigenvalue weighted by atomic mass is 19.1. The van der Waals surface area contributed by atoms with Crippen molar-refractivity contribution in [1.29, 1.82) is 0 Å². The topological polar surface area (TPSA) is 27.7 Å². The van der Waals surface area contributed by atoms with E-state index in [0.717, 1.165) is 11.1 Å². The lowest BCUT2D eigenvalue weighted by Crippen LogP contribution is -2.31. The van der Waals surface area contributed by atoms with Gasteiger partial charge in [0.15, 0.2) is 5.79 Å². The second-order valence-corrected chi connectivity index (χ2v) is 6.94. The summed E-state index contributed by atoms with van der Waals surface area (Å²) >= 11 is 0. The van der Waals surface area contributed by atoms with E-state index in [0.29, 0.717) is 25.4 Å². The predicted octanol–water partition coefficient (Wildman–Crippen LogP) is 5.31. The highest BCUT2D eigenvalue weighted by Gasteiger charge is 2.45. The monoisotopic (exact) mass is 356 g/mol. The van der Waals surface area contributed by atoms with Crippen LogP contribution in [0, 0.1) is 5.82 Å². The Labute approximate surface area is 154 Å². The molecule has 1 heterocycles. The largest absolute Gasteiger partial charge is 0.489 e. The first-order valence-corrected chi connectivity index (χ1v) is 8.92. The van der Waals surface area contributed by atoms with Crippen LogP contribution in [0.25, 0.3) is 6.08 Å². The van der Waals surface area contributed by atoms with Crippen LogP contribution in [-0.4, -0.2) is 19.0 Å². The van der Waals surface area contributed by atoms with Gasteiger partial charge in [-0.1, -0.05) is 43.3 Å². The maximum Gasteiger partial charge on any atom is 0.164 e. The van der Waals surface area contributed by atoms with Crippen molar-refractivity contribution in [1.82, 2.24) is 0 Å². The van der Waals surface area contributed by atoms with E-state index >= 15 is 0 Å². The van der Waals surface area contributed by atoms with Crippen LogP contribution in [0.5, 0.6) is 5.75 Å². The summed E-state index contributed by atoms with van der Waals surface area (Å²) in [6.45, 7) is 6.51. The zero-order chi connectivity index (χ0) is 18.6. The molecule has 3 nitrogen and oxygen atoms in total. The molecule has 1 fully saturated rings. The van der Waals surface area contributed by atoms with Crippen molar-refractivity contribution in [3.8, 4) is 5.75 Å². The van der Waals surface area contributed by atoms with E-state index in [9.17, 15) is 4.39 Å². The first-order valence-electron chi connectivity index (χ1n) is 8.92. The quantitative estimate of drug-likeness (QED) is 0.702. The molecule has 0 radical (unpaired) electrons. The summed E-state index contributed by atoms with van der Waals surface area (Å²) in [7, 11) is 0. The van der Waals surface area contributed by atoms with Crippen LogP contribution in [0.4, 0.5) is 4.39 Å². The van der Waals surface area contributed by atoms with Gasteiger partial charge < -0.3 is 14.2 Å². The zero-order valence-corrected chi connectivity index (χ0v) is 15.5. The Kier molecular flexibility index (Phi) is 5.44. The fourth-order valence-corrected chi connectivity index (χ4v) is 3.14. The van der Waals surface area contributed by atoms with E-state index in [1.165, 1.54) is 12.1 Å². The number of hydrogen-bond donors (Lipinski definition) is 0. The lowest BCUT2D eigenvalue weighted by molar-refractivity contribution is -0.164. The third-order valence-electron chi connectivity index (χ3n) is 4.52. The normalized spacial score (nSPS) is 22.0. The molecule has 0 aromatic heterocycles. The van der Waals surface area contributed by atoms with E-state index in [4.69, 9.17) is 14.2 Å². The number of halogens is 1. The summed E-state index contributed by atoms with van der Waals surface area (Å²) < 4.78 is 31.7. The number of rotatable bonds is 6. The van der Waals surface area contributed by atoms with Gasteiger partial charge in [0.25, 0.3) is 0 Å². The van der Waals surface area contributed by atoms with Crippen LogP contribution in [0.15, 0.2) is 54.6 Å². The van der Waals surface area contributed by atoms with Crippen LogP contribution in [0.2, 0.25) is 0 Å². The lowest BCUT2D eigenvalue weighted by Gasteiger charge is -2.29. The molecule has 0 saturated carbocycles. The Hall–Kier alpha value is -2.17. The van der Waals surface area contributed by atoms with Crippen molar-refractivity contribution in [2.75, 3.05) is 13.2 Å². The van der Waals surface area contributed by atoms with Gasteiger partial charge in [-0.15, -0.1) is 0 Å². The SMILES string of the molecule is CCC1(c2cc(F)cc(OC/C=C/c3ccccc3)c2)COC(C)(C)O1. The molecular weight excluding hydrogens is 331 g/mol. The number of ether oxygens (including phenoxy) is 3. The summed E-state index contributed by atoms with van der Waals surface area (Å²) in [5.74, 6) is -0.536. The minimum absolute atomic E-state index is 0.342. The molecule has 2 aromatic carbocycles. The van der Waals surface area contributed by atoms with Crippen molar-refractivity contribution >= 4 is 6.08 Å². The molecule has 1 atom stereocenters. The van der Waals surface area contributed by atoms with E-state index in [1.807, 2.05) is 69.3 Å². The highest BCUT2D eigenvalue weighted by Crippen LogP contribution is 2.42. The standard InChI is InChI=1S/C22H25FO3/c1-4-22(16-25-21(2,3)26-22)18-13-19(23)15-20(14-18)24-12-8-11-17-9-6-5-7-10-17/h5-11,13-15H,4,12,16H2,1-3H3/b11-8+. The third-order valence-corrected chi connectivity index (χ3v) is 4.52. The highest BCUT2D eigenvalue weighted by molar-refractivity contribution is 5.48. The van der Waals surface area contributed by atoms with Gasteiger partial charge in [0.1, 0.15) is 23.8 Å². The summed E-state index contributed by atoms with van der Waals surface area (Å²) in [4.78, 5) is 0. The summed E-state index contributed by atoms with van der Waals surface area (Å²) in [6.07, 6.45) is 4.57. The smallest absolute Gasteiger partial charge is 0.164 e. The maximum absolute atomic E-state index is 14.2. The molecule has 138 valence electrons. The second kappa shape index (κ2) is 7.60. The summed E-state index contributed by atoms with van der Waals surface area (Å²) in [5.41, 5.74) is 1.19. The van der Waals surface area contributed by atoms with Crippen molar-refractivity contribution in [2.24, 2.45) is 0 Å². The molecular formula is C22H25FO3. The second-order valence-electron chi connectivity index (χ2n) is 6.94. The van der Waals surface area contributed by atoms with Gasteiger partial charge in [-0.25, -0.2) is 4.39 Å². The van der Waals surface area contributed by atoms with Gasteiger partial charge in [-0.3, -0.25) is 0 Å². The van der Waals surface area contributed by atoms with Crippen molar-refractivity contribution < 1.29 is 18.6 Å². The molecule has 3 rings (SSSR count). The Balaban J connectivity index is 1.72. The molecule has 0 bridgehead atoms. The van der Waals surface area contributed by atoms with Crippen molar-refractivity contribution in [2.45, 2.75) is 38.6 Å². The van der Waals surface area contributed by atoms with Crippen molar-refractivity contribution in [3.63, 3.8) is 0 Å². The Morgan fingerprint density at radius 1 is 1.15 bits per heavy atom. The molecule has 1 saturated heterocycles. The van der Waals surface area contributed by atoms with E-state index in [-0.39, 0.29) is 5.82 Å². The van der Waals surface area contributed by atoms with Crippen molar-refractivity contribution in [3.05, 3.63) is 71.6 Å². The van der Waals surface area contributed by atoms with E-state index in [2.05, 4.69) is 0 Å². The number of benzene rings is 2. The molecule has 2 aromatic rings. The Morgan fingerprint density at radius 3 is 2.58 bits per heavy atom. The van der Waals surface area contributed by atoms with Gasteiger partial charge >= 0.3 is 0 Å². The van der Waals surface area contributed by atoms with Gasteiger partial charge in [0, 0.05) is 6.07 Å². The van der Waals surface area contributed by atoms with Crippen LogP contribution >= 0.6 is 0 Å². The van der Waals surface area contributed by atoms with Crippen LogP contribution in [0.3, 0.4) is 0 Å². The van der Waals surface area contributed by atoms with Gasteiger partial charge in [0.2, 0.25) is 0 Å². The number of hydrogen-bond acceptors (Lipinski definition) is 3. The summed E-state index contributed by atoms with van der Waals surface area (Å²) in [6, 6.07) is 14.7. The molecule has 0 amide bonds. The van der Waals surface area contributed by atoms with Gasteiger partial charge in [-0.2, -0.15) is 0 Å². The van der Waals surface area contributed by atoms with Gasteiger partial charge in [-0.05, 0) is 49.6 Å². The Morgan fingerprint density at radius 2 is 1.92 bits per heavy atom. The van der Waals surface area contributed by atoms with Crippen LogP contribution in [-0.2, 0) is 15.1 Å². The molecule has 0 N–H and O–H groups in total. The zero-order valence-electron chi connectivity index (χ0n) is 15.5. The average Bonchev–Trinajstić information content (AvgIpc) is 2.96. The first-order chi connectivity index (χ1) is 12.4. The van der Waals surface area contributed by atoms with Gasteiger partial charge in [0.05, 0.1) is 6.61 Å². The molecule has 1 aliphatic heterocycles. The van der Waals surface area contributed by atoms with E-state index < -0.39 is 11.4 Å². The average molecular weight is 356 g/mol. The minimum Gasteiger partial charge on any atom is -0.489 e. The fraction of sp³-hybridized carbons (Fsp3) is 0.364. The molecule has 1 aliphatic rings. The molecule has 0 spiro atoms. The first kappa shape index (κ1) is 18.6. The maximum atomic E-state index is 14.2. The fourth-order valence-electron chi connectivity index (χ4n) is 3.14. The molecule has 0 aliphatic carbocycles. The van der Waals surface area contributed by atoms with E-state index in [1.54, 1.807) is 0 Å². The minimum atomic E-state index is -0.679. The lowest BCUT2D eigenvalue weighted by atomic mass is 9.91. The molecule has 1 unspecified atom stereocenters. The summed E-state index contributed by atoms with van der Waals surface area (Å²) in [5, 5.41) is 0. The molecule has 26 heavy (non-hydrogen) atoms. The molecule has 4 heteroatoms. The van der Waals surface area contributed by atoms with Crippen LogP contribution < -0.4 is 4.74 Å².